The van der Waals surface area contributed by atoms with Gasteiger partial charge in [0, 0.05) is 25.7 Å². The number of halogens is 2. The second-order valence-electron chi connectivity index (χ2n) is 6.24. The van der Waals surface area contributed by atoms with Gasteiger partial charge in [0.25, 0.3) is 0 Å². The molecule has 0 radical (unpaired) electrons. The van der Waals surface area contributed by atoms with Crippen LogP contribution in [0, 0.1) is 11.8 Å². The van der Waals surface area contributed by atoms with Gasteiger partial charge in [-0.1, -0.05) is 26.7 Å². The van der Waals surface area contributed by atoms with Gasteiger partial charge < -0.3 is 0 Å². The van der Waals surface area contributed by atoms with E-state index in [0.29, 0.717) is 25.7 Å². The van der Waals surface area contributed by atoms with Crippen LogP contribution < -0.4 is 0 Å². The van der Waals surface area contributed by atoms with E-state index in [2.05, 4.69) is 0 Å². The minimum Gasteiger partial charge on any atom is -0.300 e. The molecule has 20 heavy (non-hydrogen) atoms. The zero-order valence-corrected chi connectivity index (χ0v) is 12.6. The average molecular weight is 288 g/mol. The molecule has 0 aromatic carbocycles. The van der Waals surface area contributed by atoms with E-state index in [4.69, 9.17) is 0 Å². The molecule has 0 aromatic rings. The Labute approximate surface area is 120 Å². The first-order valence-electron chi connectivity index (χ1n) is 7.78. The molecule has 1 fully saturated rings. The van der Waals surface area contributed by atoms with Gasteiger partial charge in [-0.25, -0.2) is 0 Å². The average Bonchev–Trinajstić information content (AvgIpc) is 2.37. The highest BCUT2D eigenvalue weighted by Gasteiger charge is 2.40. The van der Waals surface area contributed by atoms with E-state index in [1.807, 2.05) is 6.92 Å². The minimum atomic E-state index is -3.21. The van der Waals surface area contributed by atoms with Gasteiger partial charge in [-0.05, 0) is 31.1 Å². The molecule has 0 aromatic heterocycles. The Kier molecular flexibility index (Phi) is 6.77. The van der Waals surface area contributed by atoms with E-state index in [1.54, 1.807) is 6.92 Å². The van der Waals surface area contributed by atoms with E-state index < -0.39 is 11.7 Å². The van der Waals surface area contributed by atoms with Crippen molar-refractivity contribution >= 4 is 11.6 Å². The predicted molar refractivity (Wildman–Crippen MR) is 74.8 cm³/mol. The SMILES string of the molecule is CC[C@H](C)CC(F)(F)C(=O)CC1CCCCC(=O)CC1. The van der Waals surface area contributed by atoms with Crippen molar-refractivity contribution in [3.05, 3.63) is 0 Å². The third kappa shape index (κ3) is 5.68. The third-order valence-electron chi connectivity index (χ3n) is 4.33. The maximum atomic E-state index is 13.9. The van der Waals surface area contributed by atoms with E-state index in [1.165, 1.54) is 0 Å². The van der Waals surface area contributed by atoms with Crippen molar-refractivity contribution in [3.8, 4) is 0 Å². The summed E-state index contributed by atoms with van der Waals surface area (Å²) in [5.74, 6) is -4.13. The summed E-state index contributed by atoms with van der Waals surface area (Å²) < 4.78 is 27.7. The number of Topliss-reactive ketones (excluding diaryl/α,β-unsaturated/α-hetero) is 2. The Hall–Kier alpha value is -0.800. The second-order valence-corrected chi connectivity index (χ2v) is 6.24. The molecule has 0 aliphatic heterocycles. The molecule has 1 saturated carbocycles. The largest absolute Gasteiger partial charge is 0.305 e. The highest BCUT2D eigenvalue weighted by molar-refractivity contribution is 5.86. The van der Waals surface area contributed by atoms with Crippen molar-refractivity contribution < 1.29 is 18.4 Å². The number of hydrogen-bond donors (Lipinski definition) is 0. The summed E-state index contributed by atoms with van der Waals surface area (Å²) in [6.45, 7) is 3.60. The second kappa shape index (κ2) is 7.84. The van der Waals surface area contributed by atoms with Crippen LogP contribution in [0.3, 0.4) is 0 Å². The lowest BCUT2D eigenvalue weighted by atomic mass is 9.85. The molecule has 0 amide bonds. The fourth-order valence-electron chi connectivity index (χ4n) is 2.70. The van der Waals surface area contributed by atoms with Crippen molar-refractivity contribution in [1.82, 2.24) is 0 Å². The van der Waals surface area contributed by atoms with Gasteiger partial charge in [0.1, 0.15) is 5.78 Å². The van der Waals surface area contributed by atoms with Crippen LogP contribution in [0.25, 0.3) is 0 Å². The van der Waals surface area contributed by atoms with Crippen LogP contribution in [0.2, 0.25) is 0 Å². The summed E-state index contributed by atoms with van der Waals surface area (Å²) in [4.78, 5) is 23.2. The van der Waals surface area contributed by atoms with Crippen molar-refractivity contribution in [2.24, 2.45) is 11.8 Å². The summed E-state index contributed by atoms with van der Waals surface area (Å²) in [5.41, 5.74) is 0. The number of rotatable bonds is 6. The standard InChI is InChI=1S/C16H26F2O2/c1-3-12(2)11-16(17,18)15(20)10-13-6-4-5-7-14(19)9-8-13/h12-13H,3-11H2,1-2H3/t12-,13?/m0/s1. The van der Waals surface area contributed by atoms with Crippen LogP contribution in [-0.2, 0) is 9.59 Å². The number of carbonyl (C=O) groups is 2. The molecule has 0 saturated heterocycles. The predicted octanol–water partition coefficient (Wildman–Crippen LogP) is 4.56. The highest BCUT2D eigenvalue weighted by Crippen LogP contribution is 2.31. The molecular formula is C16H26F2O2. The van der Waals surface area contributed by atoms with Crippen LogP contribution in [0.15, 0.2) is 0 Å². The number of hydrogen-bond acceptors (Lipinski definition) is 2. The minimum absolute atomic E-state index is 0.0467. The van der Waals surface area contributed by atoms with Gasteiger partial charge in [-0.15, -0.1) is 0 Å². The van der Waals surface area contributed by atoms with E-state index >= 15 is 0 Å². The van der Waals surface area contributed by atoms with Crippen molar-refractivity contribution in [2.45, 2.75) is 77.6 Å². The van der Waals surface area contributed by atoms with Gasteiger partial charge in [0.2, 0.25) is 5.78 Å². The van der Waals surface area contributed by atoms with Gasteiger partial charge in [0.15, 0.2) is 0 Å². The molecule has 116 valence electrons. The van der Waals surface area contributed by atoms with Crippen LogP contribution in [-0.4, -0.2) is 17.5 Å². The van der Waals surface area contributed by atoms with Crippen molar-refractivity contribution in [3.63, 3.8) is 0 Å². The summed E-state index contributed by atoms with van der Waals surface area (Å²) in [6.07, 6.45) is 4.33. The van der Waals surface area contributed by atoms with Gasteiger partial charge in [0.05, 0.1) is 0 Å². The molecule has 2 nitrogen and oxygen atoms in total. The lowest BCUT2D eigenvalue weighted by molar-refractivity contribution is -0.146. The maximum absolute atomic E-state index is 13.9. The summed E-state index contributed by atoms with van der Waals surface area (Å²) in [7, 11) is 0. The molecule has 1 aliphatic rings. The molecular weight excluding hydrogens is 262 g/mol. The summed E-state index contributed by atoms with van der Waals surface area (Å²) >= 11 is 0. The molecule has 4 heteroatoms. The molecule has 1 aliphatic carbocycles. The first-order valence-corrected chi connectivity index (χ1v) is 7.78. The fraction of sp³-hybridized carbons (Fsp3) is 0.875. The Morgan fingerprint density at radius 3 is 2.65 bits per heavy atom. The lowest BCUT2D eigenvalue weighted by Crippen LogP contribution is -2.32. The van der Waals surface area contributed by atoms with Crippen LogP contribution in [0.1, 0.15) is 71.6 Å². The molecule has 1 rings (SSSR count). The quantitative estimate of drug-likeness (QED) is 0.718. The summed E-state index contributed by atoms with van der Waals surface area (Å²) in [6, 6.07) is 0. The van der Waals surface area contributed by atoms with Crippen LogP contribution >= 0.6 is 0 Å². The smallest absolute Gasteiger partial charge is 0.300 e. The van der Waals surface area contributed by atoms with E-state index in [9.17, 15) is 18.4 Å². The van der Waals surface area contributed by atoms with Gasteiger partial charge in [-0.3, -0.25) is 9.59 Å². The fourth-order valence-corrected chi connectivity index (χ4v) is 2.70. The first kappa shape index (κ1) is 17.3. The Balaban J connectivity index is 2.52. The monoisotopic (exact) mass is 288 g/mol. The highest BCUT2D eigenvalue weighted by atomic mass is 19.3. The van der Waals surface area contributed by atoms with Gasteiger partial charge in [-0.2, -0.15) is 8.78 Å². The molecule has 0 heterocycles. The molecule has 0 N–H and O–H groups in total. The number of alkyl halides is 2. The number of carbonyl (C=O) groups excluding carboxylic acids is 2. The molecule has 1 unspecified atom stereocenters. The lowest BCUT2D eigenvalue weighted by Gasteiger charge is -2.23. The van der Waals surface area contributed by atoms with Gasteiger partial charge >= 0.3 is 5.92 Å². The zero-order chi connectivity index (χ0) is 15.2. The summed E-state index contributed by atoms with van der Waals surface area (Å²) in [5, 5.41) is 0. The molecule has 0 bridgehead atoms. The topological polar surface area (TPSA) is 34.1 Å². The van der Waals surface area contributed by atoms with E-state index in [0.717, 1.165) is 19.3 Å². The Morgan fingerprint density at radius 2 is 2.00 bits per heavy atom. The first-order chi connectivity index (χ1) is 9.35. The van der Waals surface area contributed by atoms with Crippen molar-refractivity contribution in [1.29, 1.82) is 0 Å². The maximum Gasteiger partial charge on any atom is 0.305 e. The molecule has 2 atom stereocenters. The Bertz CT molecular complexity index is 339. The third-order valence-corrected chi connectivity index (χ3v) is 4.33. The number of ketones is 2. The zero-order valence-electron chi connectivity index (χ0n) is 12.6. The van der Waals surface area contributed by atoms with E-state index in [-0.39, 0.29) is 30.5 Å². The normalized spacial score (nSPS) is 23.0. The van der Waals surface area contributed by atoms with Crippen molar-refractivity contribution in [2.75, 3.05) is 0 Å². The molecule has 0 spiro atoms. The Morgan fingerprint density at radius 1 is 1.30 bits per heavy atom. The van der Waals surface area contributed by atoms with Crippen LogP contribution in [0.5, 0.6) is 0 Å². The van der Waals surface area contributed by atoms with Crippen LogP contribution in [0.4, 0.5) is 8.78 Å².